The molecule has 0 aromatic heterocycles. The molecule has 8 heteroatoms. The van der Waals surface area contributed by atoms with Crippen molar-refractivity contribution in [1.82, 2.24) is 0 Å². The lowest BCUT2D eigenvalue weighted by atomic mass is 9.81. The van der Waals surface area contributed by atoms with E-state index in [4.69, 9.17) is 0 Å². The minimum atomic E-state index is -5.62. The van der Waals surface area contributed by atoms with Crippen molar-refractivity contribution >= 4 is 10.1 Å². The molecule has 0 saturated carbocycles. The molecule has 114 valence electrons. The van der Waals surface area contributed by atoms with Gasteiger partial charge in [0.15, 0.2) is 0 Å². The smallest absolute Gasteiger partial charge is 0.424 e. The highest BCUT2D eigenvalue weighted by molar-refractivity contribution is 7.86. The van der Waals surface area contributed by atoms with Crippen LogP contribution in [0.15, 0.2) is 30.3 Å². The highest BCUT2D eigenvalue weighted by atomic mass is 32.2. The summed E-state index contributed by atoms with van der Waals surface area (Å²) in [4.78, 5) is 0. The minimum Gasteiger partial charge on any atom is -0.747 e. The maximum Gasteiger partial charge on any atom is 0.424 e. The Kier molecular flexibility index (Phi) is 4.22. The monoisotopic (exact) mass is 313 g/mol. The van der Waals surface area contributed by atoms with Crippen LogP contribution in [-0.4, -0.2) is 24.8 Å². The highest BCUT2D eigenvalue weighted by Gasteiger charge is 2.68. The lowest BCUT2D eigenvalue weighted by Crippen LogP contribution is -2.59. The second kappa shape index (κ2) is 5.00. The van der Waals surface area contributed by atoms with Crippen molar-refractivity contribution < 1.29 is 30.5 Å². The Morgan fingerprint density at radius 2 is 1.55 bits per heavy atom. The van der Waals surface area contributed by atoms with Crippen LogP contribution in [0.2, 0.25) is 0 Å². The molecule has 20 heavy (non-hydrogen) atoms. The van der Waals surface area contributed by atoms with Gasteiger partial charge in [-0.3, -0.25) is 0 Å². The maximum atomic E-state index is 14.4. The largest absolute Gasteiger partial charge is 0.747 e. The van der Waals surface area contributed by atoms with Crippen LogP contribution in [0.3, 0.4) is 0 Å². The standard InChI is InChI=1S/C12H14F4O3S/c1-3-11(20(17,18)19,9-7-5-4-6-8-9)10(2,13)12(14,15)16/h4-8H,3H2,1-2H3,(H,17,18,19)/p-1. The van der Waals surface area contributed by atoms with Gasteiger partial charge < -0.3 is 4.55 Å². The van der Waals surface area contributed by atoms with Gasteiger partial charge in [0, 0.05) is 0 Å². The topological polar surface area (TPSA) is 57.2 Å². The zero-order valence-corrected chi connectivity index (χ0v) is 11.6. The number of alkyl halides is 4. The van der Waals surface area contributed by atoms with E-state index >= 15 is 0 Å². The number of benzene rings is 1. The van der Waals surface area contributed by atoms with Gasteiger partial charge >= 0.3 is 6.18 Å². The van der Waals surface area contributed by atoms with Crippen molar-refractivity contribution in [2.45, 2.75) is 36.9 Å². The normalized spacial score (nSPS) is 19.1. The predicted octanol–water partition coefficient (Wildman–Crippen LogP) is 3.13. The summed E-state index contributed by atoms with van der Waals surface area (Å²) in [6, 6.07) is 5.92. The summed E-state index contributed by atoms with van der Waals surface area (Å²) < 4.78 is 84.5. The Labute approximate surface area is 114 Å². The molecular formula is C12H13F4O3S-. The molecule has 0 aliphatic heterocycles. The van der Waals surface area contributed by atoms with E-state index in [1.807, 2.05) is 0 Å². The molecular weight excluding hydrogens is 300 g/mol. The fraction of sp³-hybridized carbons (Fsp3) is 0.500. The first kappa shape index (κ1) is 16.9. The van der Waals surface area contributed by atoms with E-state index in [2.05, 4.69) is 0 Å². The van der Waals surface area contributed by atoms with E-state index in [1.54, 1.807) is 0 Å². The van der Waals surface area contributed by atoms with E-state index in [0.717, 1.165) is 19.1 Å². The zero-order chi connectivity index (χ0) is 15.8. The lowest BCUT2D eigenvalue weighted by Gasteiger charge is -2.45. The highest BCUT2D eigenvalue weighted by Crippen LogP contribution is 2.52. The Hall–Kier alpha value is -1.15. The van der Waals surface area contributed by atoms with E-state index in [-0.39, 0.29) is 6.92 Å². The number of hydrogen-bond acceptors (Lipinski definition) is 3. The summed E-state index contributed by atoms with van der Waals surface area (Å²) in [5.41, 5.74) is -4.73. The third-order valence-corrected chi connectivity index (χ3v) is 5.22. The van der Waals surface area contributed by atoms with Crippen LogP contribution in [0, 0.1) is 0 Å². The van der Waals surface area contributed by atoms with Crippen LogP contribution in [0.5, 0.6) is 0 Å². The summed E-state index contributed by atoms with van der Waals surface area (Å²) in [5, 5.41) is 0. The van der Waals surface area contributed by atoms with Crippen LogP contribution in [-0.2, 0) is 14.9 Å². The van der Waals surface area contributed by atoms with Gasteiger partial charge in [0.25, 0.3) is 0 Å². The van der Waals surface area contributed by atoms with Crippen molar-refractivity contribution in [3.05, 3.63) is 35.9 Å². The van der Waals surface area contributed by atoms with Gasteiger partial charge in [0.05, 0.1) is 0 Å². The van der Waals surface area contributed by atoms with Gasteiger partial charge in [-0.05, 0) is 18.9 Å². The maximum absolute atomic E-state index is 14.4. The van der Waals surface area contributed by atoms with E-state index in [0.29, 0.717) is 0 Å². The van der Waals surface area contributed by atoms with E-state index in [1.165, 1.54) is 18.2 Å². The molecule has 0 fully saturated rings. The summed E-state index contributed by atoms with van der Waals surface area (Å²) in [5.74, 6) is 0. The Morgan fingerprint density at radius 3 is 1.85 bits per heavy atom. The molecule has 0 amide bonds. The Balaban J connectivity index is 3.78. The molecule has 0 spiro atoms. The quantitative estimate of drug-likeness (QED) is 0.634. The SMILES string of the molecule is CCC(c1ccccc1)(C(C)(F)C(F)(F)F)S(=O)(=O)[O-]. The molecule has 1 rings (SSSR count). The summed E-state index contributed by atoms with van der Waals surface area (Å²) >= 11 is 0. The Bertz CT molecular complexity index is 566. The molecule has 2 unspecified atom stereocenters. The van der Waals surface area contributed by atoms with Crippen LogP contribution in [0.25, 0.3) is 0 Å². The van der Waals surface area contributed by atoms with Crippen LogP contribution < -0.4 is 0 Å². The first-order chi connectivity index (χ1) is 8.92. The van der Waals surface area contributed by atoms with E-state index in [9.17, 15) is 30.5 Å². The lowest BCUT2D eigenvalue weighted by molar-refractivity contribution is -0.238. The average Bonchev–Trinajstić information content (AvgIpc) is 2.28. The zero-order valence-electron chi connectivity index (χ0n) is 10.7. The fourth-order valence-corrected chi connectivity index (χ4v) is 3.66. The molecule has 0 aliphatic carbocycles. The van der Waals surface area contributed by atoms with Gasteiger partial charge in [-0.2, -0.15) is 13.2 Å². The fourth-order valence-electron chi connectivity index (χ4n) is 2.30. The van der Waals surface area contributed by atoms with E-state index < -0.39 is 38.7 Å². The van der Waals surface area contributed by atoms with Crippen molar-refractivity contribution in [2.75, 3.05) is 0 Å². The molecule has 3 nitrogen and oxygen atoms in total. The molecule has 0 saturated heterocycles. The number of rotatable bonds is 4. The number of hydrogen-bond donors (Lipinski definition) is 0. The van der Waals surface area contributed by atoms with Gasteiger partial charge in [0.2, 0.25) is 5.67 Å². The second-order valence-corrected chi connectivity index (χ2v) is 6.11. The predicted molar refractivity (Wildman–Crippen MR) is 63.7 cm³/mol. The first-order valence-electron chi connectivity index (χ1n) is 5.68. The van der Waals surface area contributed by atoms with Gasteiger partial charge in [-0.25, -0.2) is 12.8 Å². The van der Waals surface area contributed by atoms with Gasteiger partial charge in [-0.15, -0.1) is 0 Å². The van der Waals surface area contributed by atoms with Crippen LogP contribution in [0.1, 0.15) is 25.8 Å². The Morgan fingerprint density at radius 1 is 1.10 bits per heavy atom. The van der Waals surface area contributed by atoms with Gasteiger partial charge in [0.1, 0.15) is 14.9 Å². The summed E-state index contributed by atoms with van der Waals surface area (Å²) in [6.07, 6.45) is -6.34. The molecule has 0 aliphatic rings. The summed E-state index contributed by atoms with van der Waals surface area (Å²) in [6.45, 7) is 1.12. The molecule has 0 N–H and O–H groups in total. The minimum absolute atomic E-state index is 0.0823. The van der Waals surface area contributed by atoms with Crippen molar-refractivity contribution in [3.63, 3.8) is 0 Å². The second-order valence-electron chi connectivity index (χ2n) is 4.50. The van der Waals surface area contributed by atoms with Crippen molar-refractivity contribution in [1.29, 1.82) is 0 Å². The molecule has 0 radical (unpaired) electrons. The van der Waals surface area contributed by atoms with Crippen molar-refractivity contribution in [2.24, 2.45) is 0 Å². The van der Waals surface area contributed by atoms with Crippen LogP contribution >= 0.6 is 0 Å². The average molecular weight is 313 g/mol. The first-order valence-corrected chi connectivity index (χ1v) is 7.09. The third-order valence-electron chi connectivity index (χ3n) is 3.46. The van der Waals surface area contributed by atoms with Crippen molar-refractivity contribution in [3.8, 4) is 0 Å². The summed E-state index contributed by atoms with van der Waals surface area (Å²) in [7, 11) is -5.62. The van der Waals surface area contributed by atoms with Gasteiger partial charge in [-0.1, -0.05) is 37.3 Å². The van der Waals surface area contributed by atoms with Crippen LogP contribution in [0.4, 0.5) is 17.6 Å². The molecule has 1 aromatic rings. The molecule has 0 bridgehead atoms. The number of halogens is 4. The third kappa shape index (κ3) is 2.31. The molecule has 1 aromatic carbocycles. The molecule has 2 atom stereocenters. The molecule has 0 heterocycles.